The number of carboxylic acids is 1. The highest BCUT2D eigenvalue weighted by molar-refractivity contribution is 9.12. The molecule has 7 nitrogen and oxygen atoms in total. The molecule has 0 aliphatic rings. The molecule has 2 aromatic heterocycles. The monoisotopic (exact) mass is 478 g/mol. The second kappa shape index (κ2) is 7.95. The maximum Gasteiger partial charge on any atom is 0.326 e. The number of carbonyl (C=O) groups is 2. The van der Waals surface area contributed by atoms with Crippen molar-refractivity contribution in [1.82, 2.24) is 10.3 Å². The number of aromatic nitrogens is 1. The molecule has 1 amide bonds. The Morgan fingerprint density at radius 2 is 2.12 bits per heavy atom. The summed E-state index contributed by atoms with van der Waals surface area (Å²) in [5.41, 5.74) is 0.382. The molecular formula is C14H12Br2N2O5S. The Morgan fingerprint density at radius 1 is 1.42 bits per heavy atom. The van der Waals surface area contributed by atoms with Crippen molar-refractivity contribution in [2.45, 2.75) is 12.5 Å². The highest BCUT2D eigenvalue weighted by atomic mass is 79.9. The zero-order chi connectivity index (χ0) is 17.9. The molecule has 128 valence electrons. The van der Waals surface area contributed by atoms with Crippen LogP contribution in [-0.4, -0.2) is 35.1 Å². The van der Waals surface area contributed by atoms with Gasteiger partial charge in [-0.25, -0.2) is 4.79 Å². The predicted molar refractivity (Wildman–Crippen MR) is 95.9 cm³/mol. The zero-order valence-electron chi connectivity index (χ0n) is 12.3. The van der Waals surface area contributed by atoms with Gasteiger partial charge in [-0.1, -0.05) is 0 Å². The molecule has 1 atom stereocenters. The van der Waals surface area contributed by atoms with Crippen LogP contribution in [0.15, 0.2) is 30.7 Å². The minimum atomic E-state index is -1.17. The number of H-pyrrole nitrogens is 1. The van der Waals surface area contributed by atoms with Crippen molar-refractivity contribution < 1.29 is 19.4 Å². The molecule has 0 bridgehead atoms. The second-order valence-corrected chi connectivity index (χ2v) is 8.45. The van der Waals surface area contributed by atoms with Crippen molar-refractivity contribution in [2.24, 2.45) is 0 Å². The Labute approximate surface area is 157 Å². The summed E-state index contributed by atoms with van der Waals surface area (Å²) in [6.07, 6.45) is 1.29. The number of pyridine rings is 1. The predicted octanol–water partition coefficient (Wildman–Crippen LogP) is 2.40. The van der Waals surface area contributed by atoms with E-state index in [9.17, 15) is 19.5 Å². The van der Waals surface area contributed by atoms with Crippen LogP contribution in [0.5, 0.6) is 5.75 Å². The van der Waals surface area contributed by atoms with E-state index in [1.54, 1.807) is 6.07 Å². The van der Waals surface area contributed by atoms with Gasteiger partial charge < -0.3 is 20.1 Å². The zero-order valence-corrected chi connectivity index (χ0v) is 16.2. The number of halogens is 2. The van der Waals surface area contributed by atoms with Gasteiger partial charge in [0.15, 0.2) is 0 Å². The van der Waals surface area contributed by atoms with Crippen LogP contribution in [0.4, 0.5) is 0 Å². The number of methoxy groups -OCH3 is 1. The van der Waals surface area contributed by atoms with Crippen molar-refractivity contribution in [2.75, 3.05) is 7.11 Å². The fourth-order valence-electron chi connectivity index (χ4n) is 1.97. The van der Waals surface area contributed by atoms with E-state index in [1.165, 1.54) is 24.6 Å². The van der Waals surface area contributed by atoms with Crippen molar-refractivity contribution in [3.8, 4) is 5.75 Å². The number of thiophene rings is 1. The van der Waals surface area contributed by atoms with E-state index in [1.807, 2.05) is 0 Å². The molecule has 10 heteroatoms. The van der Waals surface area contributed by atoms with Crippen LogP contribution >= 0.6 is 43.2 Å². The van der Waals surface area contributed by atoms with Crippen LogP contribution in [0.3, 0.4) is 0 Å². The Balaban J connectivity index is 2.22. The van der Waals surface area contributed by atoms with Gasteiger partial charge in [-0.2, -0.15) is 0 Å². The molecule has 0 aliphatic carbocycles. The summed E-state index contributed by atoms with van der Waals surface area (Å²) in [7, 11) is 1.32. The number of amides is 1. The maximum absolute atomic E-state index is 12.3. The van der Waals surface area contributed by atoms with Gasteiger partial charge in [-0.15, -0.1) is 11.3 Å². The van der Waals surface area contributed by atoms with E-state index in [4.69, 9.17) is 4.74 Å². The normalized spacial score (nSPS) is 11.8. The first-order valence-corrected chi connectivity index (χ1v) is 8.96. The lowest BCUT2D eigenvalue weighted by molar-refractivity contribution is -0.139. The molecule has 0 aliphatic heterocycles. The average Bonchev–Trinajstić information content (AvgIpc) is 2.83. The van der Waals surface area contributed by atoms with Gasteiger partial charge in [-0.05, 0) is 43.5 Å². The fraction of sp³-hybridized carbons (Fsp3) is 0.214. The molecule has 0 radical (unpaired) electrons. The van der Waals surface area contributed by atoms with Gasteiger partial charge in [-0.3, -0.25) is 9.59 Å². The molecule has 0 aromatic carbocycles. The summed E-state index contributed by atoms with van der Waals surface area (Å²) < 4.78 is 6.63. The highest BCUT2D eigenvalue weighted by Crippen LogP contribution is 2.32. The molecule has 2 rings (SSSR count). The topological polar surface area (TPSA) is 108 Å². The smallest absolute Gasteiger partial charge is 0.326 e. The number of carboxylic acid groups (broad SMARTS) is 1. The number of aromatic amines is 1. The maximum atomic E-state index is 12.3. The standard InChI is InChI=1S/C14H12Br2N2O5S/c1-23-9-4-11(19)17-5-7(9)13(20)18-8(14(21)22)2-6-3-10(15)24-12(6)16/h3-5,8H,2H2,1H3,(H,17,19)(H,18,20)(H,21,22). The van der Waals surface area contributed by atoms with Crippen LogP contribution < -0.4 is 15.6 Å². The first-order chi connectivity index (χ1) is 11.3. The van der Waals surface area contributed by atoms with Crippen molar-refractivity contribution in [3.05, 3.63) is 47.4 Å². The highest BCUT2D eigenvalue weighted by Gasteiger charge is 2.24. The molecule has 2 aromatic rings. The Hall–Kier alpha value is -1.65. The SMILES string of the molecule is COc1cc(=O)[nH]cc1C(=O)NC(Cc1cc(Br)sc1Br)C(=O)O. The van der Waals surface area contributed by atoms with Crippen LogP contribution in [-0.2, 0) is 11.2 Å². The van der Waals surface area contributed by atoms with E-state index < -0.39 is 23.5 Å². The Morgan fingerprint density at radius 3 is 2.67 bits per heavy atom. The fourth-order valence-corrected chi connectivity index (χ4v) is 4.83. The first kappa shape index (κ1) is 18.7. The number of hydrogen-bond donors (Lipinski definition) is 3. The van der Waals surface area contributed by atoms with E-state index in [0.29, 0.717) is 0 Å². The quantitative estimate of drug-likeness (QED) is 0.589. The second-order valence-electron chi connectivity index (χ2n) is 4.70. The van der Waals surface area contributed by atoms with Gasteiger partial charge in [0.1, 0.15) is 11.8 Å². The van der Waals surface area contributed by atoms with Crippen LogP contribution in [0.2, 0.25) is 0 Å². The first-order valence-electron chi connectivity index (χ1n) is 6.56. The largest absolute Gasteiger partial charge is 0.496 e. The van der Waals surface area contributed by atoms with Crippen LogP contribution in [0.1, 0.15) is 15.9 Å². The van der Waals surface area contributed by atoms with Crippen LogP contribution in [0.25, 0.3) is 0 Å². The van der Waals surface area contributed by atoms with Gasteiger partial charge in [0, 0.05) is 18.7 Å². The summed E-state index contributed by atoms with van der Waals surface area (Å²) >= 11 is 8.10. The molecule has 0 saturated heterocycles. The van der Waals surface area contributed by atoms with Crippen molar-refractivity contribution in [3.63, 3.8) is 0 Å². The number of rotatable bonds is 6. The van der Waals surface area contributed by atoms with Crippen LogP contribution in [0, 0.1) is 0 Å². The summed E-state index contributed by atoms with van der Waals surface area (Å²) in [6, 6.07) is 1.78. The van der Waals surface area contributed by atoms with E-state index in [2.05, 4.69) is 42.2 Å². The van der Waals surface area contributed by atoms with Gasteiger partial charge in [0.05, 0.1) is 20.2 Å². The molecule has 0 saturated carbocycles. The van der Waals surface area contributed by atoms with E-state index in [0.717, 1.165) is 19.2 Å². The molecule has 24 heavy (non-hydrogen) atoms. The minimum Gasteiger partial charge on any atom is -0.496 e. The number of hydrogen-bond acceptors (Lipinski definition) is 5. The molecule has 0 fully saturated rings. The lowest BCUT2D eigenvalue weighted by atomic mass is 10.1. The molecule has 0 spiro atoms. The third-order valence-electron chi connectivity index (χ3n) is 3.11. The third-order valence-corrected chi connectivity index (χ3v) is 5.57. The Kier molecular flexibility index (Phi) is 6.19. The van der Waals surface area contributed by atoms with Gasteiger partial charge in [0.25, 0.3) is 11.5 Å². The van der Waals surface area contributed by atoms with Crippen molar-refractivity contribution in [1.29, 1.82) is 0 Å². The molecule has 2 heterocycles. The van der Waals surface area contributed by atoms with Gasteiger partial charge >= 0.3 is 5.97 Å². The number of ether oxygens (including phenoxy) is 1. The lowest BCUT2D eigenvalue weighted by Gasteiger charge is -2.15. The minimum absolute atomic E-state index is 0.0499. The number of nitrogens with one attached hydrogen (secondary N) is 2. The summed E-state index contributed by atoms with van der Waals surface area (Å²) in [5.74, 6) is -1.75. The van der Waals surface area contributed by atoms with E-state index in [-0.39, 0.29) is 17.7 Å². The average molecular weight is 480 g/mol. The number of carbonyl (C=O) groups excluding carboxylic acids is 1. The summed E-state index contributed by atoms with van der Waals surface area (Å²) in [6.45, 7) is 0. The number of aliphatic carboxylic acids is 1. The molecule has 1 unspecified atom stereocenters. The molecule has 3 N–H and O–H groups in total. The van der Waals surface area contributed by atoms with Gasteiger partial charge in [0.2, 0.25) is 0 Å². The lowest BCUT2D eigenvalue weighted by Crippen LogP contribution is -2.42. The summed E-state index contributed by atoms with van der Waals surface area (Å²) in [5, 5.41) is 11.8. The third kappa shape index (κ3) is 4.46. The van der Waals surface area contributed by atoms with Crippen molar-refractivity contribution >= 4 is 55.1 Å². The van der Waals surface area contributed by atoms with E-state index >= 15 is 0 Å². The molecular weight excluding hydrogens is 468 g/mol. The Bertz CT molecular complexity index is 833. The summed E-state index contributed by atoms with van der Waals surface area (Å²) in [4.78, 5) is 37.4.